The van der Waals surface area contributed by atoms with Gasteiger partial charge in [0, 0.05) is 15.7 Å². The lowest BCUT2D eigenvalue weighted by Gasteiger charge is -2.09. The zero-order chi connectivity index (χ0) is 18.7. The molecule has 0 aliphatic carbocycles. The lowest BCUT2D eigenvalue weighted by molar-refractivity contribution is 0.601. The van der Waals surface area contributed by atoms with Crippen LogP contribution in [0.5, 0.6) is 0 Å². The van der Waals surface area contributed by atoms with E-state index in [4.69, 9.17) is 28.9 Å². The van der Waals surface area contributed by atoms with Crippen LogP contribution >= 0.6 is 23.2 Å². The highest BCUT2D eigenvalue weighted by atomic mass is 35.5. The molecule has 0 unspecified atom stereocenters. The Morgan fingerprint density at radius 3 is 1.96 bits per heavy atom. The minimum Gasteiger partial charge on any atom is -0.368 e. The van der Waals surface area contributed by atoms with E-state index in [1.165, 1.54) is 24.3 Å². The van der Waals surface area contributed by atoms with Gasteiger partial charge in [-0.2, -0.15) is 15.0 Å². The zero-order valence-corrected chi connectivity index (χ0v) is 15.3. The molecular weight excluding hydrogens is 399 g/mol. The molecule has 0 saturated carbocycles. The molecule has 134 valence electrons. The second-order valence-electron chi connectivity index (χ2n) is 5.03. The Hall–Kier alpha value is -2.62. The summed E-state index contributed by atoms with van der Waals surface area (Å²) in [6, 6.07) is 12.4. The molecule has 1 heterocycles. The van der Waals surface area contributed by atoms with Crippen molar-refractivity contribution >= 4 is 56.8 Å². The Morgan fingerprint density at radius 1 is 0.808 bits per heavy atom. The van der Waals surface area contributed by atoms with E-state index in [1.807, 2.05) is 0 Å². The number of anilines is 4. The summed E-state index contributed by atoms with van der Waals surface area (Å²) in [5.41, 5.74) is 6.28. The highest BCUT2D eigenvalue weighted by molar-refractivity contribution is 7.92. The van der Waals surface area contributed by atoms with Gasteiger partial charge >= 0.3 is 0 Å². The first-order chi connectivity index (χ1) is 12.3. The van der Waals surface area contributed by atoms with Crippen molar-refractivity contribution in [3.63, 3.8) is 0 Å². The first kappa shape index (κ1) is 18.2. The maximum atomic E-state index is 12.4. The SMILES string of the molecule is Nc1nc(Nc2ccc(Cl)cc2)nc(NS(=O)(=O)c2ccc(Cl)cc2)n1. The number of nitrogen functional groups attached to an aromatic ring is 1. The number of aromatic nitrogens is 3. The van der Waals surface area contributed by atoms with Gasteiger partial charge in [-0.25, -0.2) is 13.1 Å². The van der Waals surface area contributed by atoms with Crippen LogP contribution in [-0.2, 0) is 10.0 Å². The predicted molar refractivity (Wildman–Crippen MR) is 101 cm³/mol. The molecule has 3 aromatic rings. The van der Waals surface area contributed by atoms with Crippen molar-refractivity contribution in [1.82, 2.24) is 15.0 Å². The van der Waals surface area contributed by atoms with E-state index in [9.17, 15) is 8.42 Å². The Bertz CT molecular complexity index is 1030. The molecule has 0 aliphatic rings. The van der Waals surface area contributed by atoms with Gasteiger partial charge in [0.05, 0.1) is 4.90 Å². The Morgan fingerprint density at radius 2 is 1.35 bits per heavy atom. The maximum absolute atomic E-state index is 12.4. The van der Waals surface area contributed by atoms with Gasteiger partial charge in [-0.1, -0.05) is 23.2 Å². The first-order valence-electron chi connectivity index (χ1n) is 7.14. The van der Waals surface area contributed by atoms with E-state index in [0.717, 1.165) is 0 Å². The third-order valence-corrected chi connectivity index (χ3v) is 4.95. The number of sulfonamides is 1. The monoisotopic (exact) mass is 410 g/mol. The Kier molecular flexibility index (Phi) is 5.12. The summed E-state index contributed by atoms with van der Waals surface area (Å²) in [6.07, 6.45) is 0. The lowest BCUT2D eigenvalue weighted by Crippen LogP contribution is -2.16. The van der Waals surface area contributed by atoms with Gasteiger partial charge in [-0.3, -0.25) is 0 Å². The smallest absolute Gasteiger partial charge is 0.264 e. The van der Waals surface area contributed by atoms with Gasteiger partial charge in [0.2, 0.25) is 17.8 Å². The van der Waals surface area contributed by atoms with Crippen LogP contribution in [0.1, 0.15) is 0 Å². The van der Waals surface area contributed by atoms with Gasteiger partial charge in [0.25, 0.3) is 10.0 Å². The molecule has 0 atom stereocenters. The van der Waals surface area contributed by atoms with Crippen molar-refractivity contribution in [2.75, 3.05) is 15.8 Å². The number of nitrogens with two attached hydrogens (primary N) is 1. The number of rotatable bonds is 5. The number of benzene rings is 2. The number of nitrogens with zero attached hydrogens (tertiary/aromatic N) is 3. The van der Waals surface area contributed by atoms with Gasteiger partial charge in [-0.05, 0) is 48.5 Å². The van der Waals surface area contributed by atoms with Gasteiger partial charge in [0.15, 0.2) is 0 Å². The fourth-order valence-corrected chi connectivity index (χ4v) is 3.14. The molecule has 0 aliphatic heterocycles. The molecule has 0 saturated heterocycles. The molecule has 0 radical (unpaired) electrons. The summed E-state index contributed by atoms with van der Waals surface area (Å²) in [4.78, 5) is 11.7. The van der Waals surface area contributed by atoms with Crippen LogP contribution in [-0.4, -0.2) is 23.4 Å². The minimum atomic E-state index is -3.90. The molecule has 0 bridgehead atoms. The van der Waals surface area contributed by atoms with Crippen molar-refractivity contribution in [3.8, 4) is 0 Å². The summed E-state index contributed by atoms with van der Waals surface area (Å²) in [7, 11) is -3.90. The molecule has 11 heteroatoms. The summed E-state index contributed by atoms with van der Waals surface area (Å²) in [5, 5.41) is 3.88. The fourth-order valence-electron chi connectivity index (χ4n) is 1.95. The first-order valence-corrected chi connectivity index (χ1v) is 9.38. The molecule has 2 aromatic carbocycles. The van der Waals surface area contributed by atoms with Crippen LogP contribution in [0.2, 0.25) is 10.0 Å². The maximum Gasteiger partial charge on any atom is 0.264 e. The molecule has 0 fully saturated rings. The van der Waals surface area contributed by atoms with Crippen molar-refractivity contribution in [3.05, 3.63) is 58.6 Å². The molecule has 0 amide bonds. The molecule has 4 N–H and O–H groups in total. The van der Waals surface area contributed by atoms with Crippen LogP contribution in [0.4, 0.5) is 23.5 Å². The minimum absolute atomic E-state index is 0.00749. The van der Waals surface area contributed by atoms with Crippen molar-refractivity contribution in [2.24, 2.45) is 0 Å². The molecule has 0 spiro atoms. The highest BCUT2D eigenvalue weighted by Crippen LogP contribution is 2.20. The van der Waals surface area contributed by atoms with E-state index >= 15 is 0 Å². The van der Waals surface area contributed by atoms with Crippen molar-refractivity contribution in [2.45, 2.75) is 4.90 Å². The van der Waals surface area contributed by atoms with Gasteiger partial charge in [0.1, 0.15) is 0 Å². The van der Waals surface area contributed by atoms with Crippen LogP contribution in [0.15, 0.2) is 53.4 Å². The van der Waals surface area contributed by atoms with E-state index < -0.39 is 10.0 Å². The number of hydrogen-bond acceptors (Lipinski definition) is 7. The Labute approximate surface area is 159 Å². The summed E-state index contributed by atoms with van der Waals surface area (Å²) < 4.78 is 27.1. The van der Waals surface area contributed by atoms with Gasteiger partial charge in [-0.15, -0.1) is 0 Å². The topological polar surface area (TPSA) is 123 Å². The van der Waals surface area contributed by atoms with Crippen LogP contribution in [0.3, 0.4) is 0 Å². The summed E-state index contributed by atoms with van der Waals surface area (Å²) in [6.45, 7) is 0. The van der Waals surface area contributed by atoms with Crippen LogP contribution in [0, 0.1) is 0 Å². The molecule has 8 nitrogen and oxygen atoms in total. The molecule has 26 heavy (non-hydrogen) atoms. The number of hydrogen-bond donors (Lipinski definition) is 3. The summed E-state index contributed by atoms with van der Waals surface area (Å²) in [5.74, 6) is -0.289. The molecule has 1 aromatic heterocycles. The van der Waals surface area contributed by atoms with Crippen molar-refractivity contribution < 1.29 is 8.42 Å². The standard InChI is InChI=1S/C15H12Cl2N6O2S/c16-9-1-5-11(6-2-9)19-14-20-13(18)21-15(22-14)23-26(24,25)12-7-3-10(17)4-8-12/h1-8H,(H4,18,19,20,21,22,23). The van der Waals surface area contributed by atoms with Crippen LogP contribution in [0.25, 0.3) is 0 Å². The predicted octanol–water partition coefficient (Wildman–Crippen LogP) is 3.31. The van der Waals surface area contributed by atoms with Gasteiger partial charge < -0.3 is 11.1 Å². The second kappa shape index (κ2) is 7.32. The average molecular weight is 411 g/mol. The van der Waals surface area contributed by atoms with E-state index in [2.05, 4.69) is 25.0 Å². The summed E-state index contributed by atoms with van der Waals surface area (Å²) >= 11 is 11.6. The third-order valence-electron chi connectivity index (χ3n) is 3.10. The average Bonchev–Trinajstić information content (AvgIpc) is 2.56. The molecular formula is C15H12Cl2N6O2S. The number of nitrogens with one attached hydrogen (secondary N) is 2. The molecule has 3 rings (SSSR count). The van der Waals surface area contributed by atoms with E-state index in [1.54, 1.807) is 24.3 Å². The second-order valence-corrected chi connectivity index (χ2v) is 7.59. The normalized spacial score (nSPS) is 11.2. The van der Waals surface area contributed by atoms with Crippen molar-refractivity contribution in [1.29, 1.82) is 0 Å². The largest absolute Gasteiger partial charge is 0.368 e. The number of halogens is 2. The van der Waals surface area contributed by atoms with E-state index in [-0.39, 0.29) is 22.7 Å². The zero-order valence-electron chi connectivity index (χ0n) is 13.0. The van der Waals surface area contributed by atoms with Crippen LogP contribution < -0.4 is 15.8 Å². The quantitative estimate of drug-likeness (QED) is 0.589. The lowest BCUT2D eigenvalue weighted by atomic mass is 10.3. The third kappa shape index (κ3) is 4.51. The Balaban J connectivity index is 1.85. The highest BCUT2D eigenvalue weighted by Gasteiger charge is 2.17. The fraction of sp³-hybridized carbons (Fsp3) is 0. The van der Waals surface area contributed by atoms with E-state index in [0.29, 0.717) is 15.7 Å².